The van der Waals surface area contributed by atoms with E-state index in [1.807, 2.05) is 0 Å². The smallest absolute Gasteiger partial charge is 0.335 e. The Balaban J connectivity index is 2.23. The molecule has 0 unspecified atom stereocenters. The van der Waals surface area contributed by atoms with Crippen LogP contribution in [0, 0.1) is 0 Å². The molecule has 1 saturated carbocycles. The van der Waals surface area contributed by atoms with Crippen molar-refractivity contribution in [2.24, 2.45) is 0 Å². The lowest BCUT2D eigenvalue weighted by molar-refractivity contribution is 0.0696. The fraction of sp³-hybridized carbons (Fsp3) is 0.455. The lowest BCUT2D eigenvalue weighted by Gasteiger charge is -2.39. The number of nitrogens with one attached hydrogen (secondary N) is 1. The van der Waals surface area contributed by atoms with Crippen molar-refractivity contribution in [3.05, 3.63) is 22.8 Å². The number of hydrogen-bond donors (Lipinski definition) is 2. The summed E-state index contributed by atoms with van der Waals surface area (Å²) in [5, 5.41) is 12.3. The maximum absolute atomic E-state index is 10.8. The average molecular weight is 241 g/mol. The van der Waals surface area contributed by atoms with Gasteiger partial charge in [-0.15, -0.1) is 0 Å². The third-order valence-corrected chi connectivity index (χ3v) is 3.12. The van der Waals surface area contributed by atoms with Crippen LogP contribution < -0.4 is 5.32 Å². The fourth-order valence-electron chi connectivity index (χ4n) is 1.83. The number of hydrogen-bond acceptors (Lipinski definition) is 3. The Hall–Kier alpha value is -1.29. The molecule has 0 saturated heterocycles. The van der Waals surface area contributed by atoms with E-state index in [0.29, 0.717) is 5.82 Å². The van der Waals surface area contributed by atoms with Gasteiger partial charge in [0, 0.05) is 5.54 Å². The first-order chi connectivity index (χ1) is 7.48. The fourth-order valence-corrected chi connectivity index (χ4v) is 2.03. The van der Waals surface area contributed by atoms with Crippen LogP contribution in [-0.4, -0.2) is 21.6 Å². The third kappa shape index (κ3) is 2.27. The van der Waals surface area contributed by atoms with Gasteiger partial charge in [0.15, 0.2) is 0 Å². The zero-order chi connectivity index (χ0) is 11.8. The van der Waals surface area contributed by atoms with E-state index in [1.54, 1.807) is 0 Å². The summed E-state index contributed by atoms with van der Waals surface area (Å²) in [5.41, 5.74) is 0.193. The Morgan fingerprint density at radius 1 is 1.56 bits per heavy atom. The number of carboxylic acids is 1. The van der Waals surface area contributed by atoms with Crippen LogP contribution in [0.3, 0.4) is 0 Å². The number of rotatable bonds is 3. The van der Waals surface area contributed by atoms with Gasteiger partial charge >= 0.3 is 5.97 Å². The lowest BCUT2D eigenvalue weighted by atomic mass is 9.78. The van der Waals surface area contributed by atoms with Gasteiger partial charge in [-0.2, -0.15) is 0 Å². The average Bonchev–Trinajstić information content (AvgIpc) is 2.14. The molecule has 2 rings (SSSR count). The van der Waals surface area contributed by atoms with Crippen molar-refractivity contribution in [1.29, 1.82) is 0 Å². The highest BCUT2D eigenvalue weighted by Gasteiger charge is 2.31. The largest absolute Gasteiger partial charge is 0.478 e. The van der Waals surface area contributed by atoms with Crippen LogP contribution in [0.25, 0.3) is 0 Å². The van der Waals surface area contributed by atoms with Crippen molar-refractivity contribution in [3.63, 3.8) is 0 Å². The van der Waals surface area contributed by atoms with Crippen LogP contribution in [0.1, 0.15) is 36.5 Å². The van der Waals surface area contributed by atoms with Crippen molar-refractivity contribution >= 4 is 23.4 Å². The summed E-state index contributed by atoms with van der Waals surface area (Å²) in [7, 11) is 0. The Kier molecular flexibility index (Phi) is 2.76. The Labute approximate surface area is 98.6 Å². The molecule has 0 atom stereocenters. The monoisotopic (exact) mass is 240 g/mol. The highest BCUT2D eigenvalue weighted by Crippen LogP contribution is 2.34. The number of aromatic carboxylic acids is 1. The van der Waals surface area contributed by atoms with Crippen LogP contribution in [0.15, 0.2) is 12.1 Å². The molecule has 1 aromatic rings. The van der Waals surface area contributed by atoms with Gasteiger partial charge in [-0.05, 0) is 38.3 Å². The van der Waals surface area contributed by atoms with Gasteiger partial charge in [-0.25, -0.2) is 9.78 Å². The number of carbonyl (C=O) groups is 1. The van der Waals surface area contributed by atoms with E-state index in [9.17, 15) is 4.79 Å². The molecule has 5 heteroatoms. The molecule has 1 heterocycles. The second kappa shape index (κ2) is 3.94. The molecule has 16 heavy (non-hydrogen) atoms. The summed E-state index contributed by atoms with van der Waals surface area (Å²) in [6.07, 6.45) is 3.34. The summed E-state index contributed by atoms with van der Waals surface area (Å²) < 4.78 is 0. The number of anilines is 1. The van der Waals surface area contributed by atoms with Crippen molar-refractivity contribution in [3.8, 4) is 0 Å². The Morgan fingerprint density at radius 2 is 2.25 bits per heavy atom. The van der Waals surface area contributed by atoms with E-state index >= 15 is 0 Å². The molecular formula is C11H13ClN2O2. The van der Waals surface area contributed by atoms with Crippen LogP contribution in [-0.2, 0) is 0 Å². The van der Waals surface area contributed by atoms with E-state index in [-0.39, 0.29) is 16.3 Å². The number of nitrogens with zero attached hydrogens (tertiary/aromatic N) is 1. The molecule has 1 fully saturated rings. The van der Waals surface area contributed by atoms with Crippen molar-refractivity contribution in [2.45, 2.75) is 31.7 Å². The number of carboxylic acid groups (broad SMARTS) is 1. The van der Waals surface area contributed by atoms with Gasteiger partial charge in [0.1, 0.15) is 11.0 Å². The molecule has 0 aliphatic heterocycles. The van der Waals surface area contributed by atoms with E-state index in [2.05, 4.69) is 17.2 Å². The van der Waals surface area contributed by atoms with Gasteiger partial charge in [0.05, 0.1) is 5.56 Å². The van der Waals surface area contributed by atoms with Crippen LogP contribution in [0.2, 0.25) is 5.15 Å². The molecule has 0 aromatic carbocycles. The maximum atomic E-state index is 10.8. The van der Waals surface area contributed by atoms with E-state index in [1.165, 1.54) is 18.6 Å². The molecule has 0 radical (unpaired) electrons. The zero-order valence-electron chi connectivity index (χ0n) is 8.96. The minimum absolute atomic E-state index is 0.0352. The summed E-state index contributed by atoms with van der Waals surface area (Å²) >= 11 is 5.77. The summed E-state index contributed by atoms with van der Waals surface area (Å²) in [5.74, 6) is -0.460. The van der Waals surface area contributed by atoms with Crippen LogP contribution in [0.5, 0.6) is 0 Å². The molecular weight excluding hydrogens is 228 g/mol. The Morgan fingerprint density at radius 3 is 2.75 bits per heavy atom. The SMILES string of the molecule is CC1(Nc2cc(C(=O)O)cc(Cl)n2)CCC1. The summed E-state index contributed by atoms with van der Waals surface area (Å²) in [4.78, 5) is 14.9. The molecule has 4 nitrogen and oxygen atoms in total. The first-order valence-electron chi connectivity index (χ1n) is 5.18. The minimum atomic E-state index is -0.994. The molecule has 0 bridgehead atoms. The molecule has 86 valence electrons. The topological polar surface area (TPSA) is 62.2 Å². The number of aromatic nitrogens is 1. The van der Waals surface area contributed by atoms with Crippen LogP contribution >= 0.6 is 11.6 Å². The highest BCUT2D eigenvalue weighted by atomic mass is 35.5. The van der Waals surface area contributed by atoms with E-state index in [4.69, 9.17) is 16.7 Å². The van der Waals surface area contributed by atoms with Gasteiger partial charge in [0.2, 0.25) is 0 Å². The number of pyridine rings is 1. The first kappa shape index (κ1) is 11.2. The van der Waals surface area contributed by atoms with Crippen molar-refractivity contribution in [2.75, 3.05) is 5.32 Å². The predicted octanol–water partition coefficient (Wildman–Crippen LogP) is 2.79. The van der Waals surface area contributed by atoms with Gasteiger partial charge in [-0.3, -0.25) is 0 Å². The molecule has 1 aromatic heterocycles. The predicted molar refractivity (Wildman–Crippen MR) is 62.1 cm³/mol. The molecule has 1 aliphatic rings. The second-order valence-corrected chi connectivity index (χ2v) is 4.80. The van der Waals surface area contributed by atoms with Crippen molar-refractivity contribution < 1.29 is 9.90 Å². The molecule has 1 aliphatic carbocycles. The first-order valence-corrected chi connectivity index (χ1v) is 5.55. The minimum Gasteiger partial charge on any atom is -0.478 e. The lowest BCUT2D eigenvalue weighted by Crippen LogP contribution is -2.41. The maximum Gasteiger partial charge on any atom is 0.335 e. The Bertz CT molecular complexity index is 430. The van der Waals surface area contributed by atoms with E-state index in [0.717, 1.165) is 12.8 Å². The summed E-state index contributed by atoms with van der Waals surface area (Å²) in [6.45, 7) is 2.10. The molecule has 0 spiro atoms. The van der Waals surface area contributed by atoms with Crippen molar-refractivity contribution in [1.82, 2.24) is 4.98 Å². The second-order valence-electron chi connectivity index (χ2n) is 4.41. The zero-order valence-corrected chi connectivity index (χ0v) is 9.71. The molecule has 2 N–H and O–H groups in total. The normalized spacial score (nSPS) is 17.6. The van der Waals surface area contributed by atoms with Gasteiger partial charge in [-0.1, -0.05) is 11.6 Å². The highest BCUT2D eigenvalue weighted by molar-refractivity contribution is 6.29. The van der Waals surface area contributed by atoms with Crippen LogP contribution in [0.4, 0.5) is 5.82 Å². The standard InChI is InChI=1S/C11H13ClN2O2/c1-11(3-2-4-11)14-9-6-7(10(15)16)5-8(12)13-9/h5-6H,2-4H2,1H3,(H,13,14)(H,15,16). The van der Waals surface area contributed by atoms with E-state index < -0.39 is 5.97 Å². The number of halogens is 1. The summed E-state index contributed by atoms with van der Waals surface area (Å²) in [6, 6.07) is 2.86. The third-order valence-electron chi connectivity index (χ3n) is 2.93. The van der Waals surface area contributed by atoms with Gasteiger partial charge in [0.25, 0.3) is 0 Å². The van der Waals surface area contributed by atoms with Gasteiger partial charge < -0.3 is 10.4 Å². The molecule has 0 amide bonds. The quantitative estimate of drug-likeness (QED) is 0.798.